The zero-order valence-electron chi connectivity index (χ0n) is 10.2. The molecule has 0 heterocycles. The van der Waals surface area contributed by atoms with Crippen molar-refractivity contribution in [3.05, 3.63) is 28.0 Å². The van der Waals surface area contributed by atoms with Gasteiger partial charge in [0.25, 0.3) is 15.0 Å². The molecule has 1 N–H and O–H groups in total. The molecule has 0 spiro atoms. The normalized spacial score (nSPS) is 11.7. The molecule has 1 rings (SSSR count). The number of halogens is 3. The van der Waals surface area contributed by atoms with Crippen LogP contribution in [0.3, 0.4) is 0 Å². The summed E-state index contributed by atoms with van der Waals surface area (Å²) in [6.07, 6.45) is 0. The molecule has 0 bridgehead atoms. The first-order valence-electron chi connectivity index (χ1n) is 5.35. The predicted molar refractivity (Wildman–Crippen MR) is 74.3 cm³/mol. The Morgan fingerprint density at radius 1 is 1.47 bits per heavy atom. The Morgan fingerprint density at radius 3 is 2.53 bits per heavy atom. The molecule has 4 nitrogen and oxygen atoms in total. The van der Waals surface area contributed by atoms with E-state index in [9.17, 15) is 17.6 Å². The lowest BCUT2D eigenvalue weighted by atomic mass is 10.2. The molecule has 1 aromatic rings. The largest absolute Gasteiger partial charge is 0.352 e. The molecule has 0 fully saturated rings. The van der Waals surface area contributed by atoms with Crippen molar-refractivity contribution in [2.45, 2.75) is 18.7 Å². The molecule has 0 atom stereocenters. The van der Waals surface area contributed by atoms with Gasteiger partial charge in [-0.05, 0) is 34.0 Å². The van der Waals surface area contributed by atoms with Crippen LogP contribution < -0.4 is 5.32 Å². The Morgan fingerprint density at radius 2 is 2.05 bits per heavy atom. The van der Waals surface area contributed by atoms with Gasteiger partial charge in [-0.15, -0.1) is 0 Å². The average Bonchev–Trinajstić information content (AvgIpc) is 2.27. The van der Waals surface area contributed by atoms with Gasteiger partial charge in [0.1, 0.15) is 10.7 Å². The molecule has 106 valence electrons. The number of nitrogens with one attached hydrogen (secondary N) is 1. The maximum atomic E-state index is 13.4. The van der Waals surface area contributed by atoms with Crippen LogP contribution in [-0.2, 0) is 9.05 Å². The maximum absolute atomic E-state index is 13.4. The fourth-order valence-corrected chi connectivity index (χ4v) is 3.57. The second-order valence-electron chi connectivity index (χ2n) is 4.31. The van der Waals surface area contributed by atoms with E-state index in [0.717, 1.165) is 12.1 Å². The van der Waals surface area contributed by atoms with Crippen LogP contribution in [0.25, 0.3) is 0 Å². The van der Waals surface area contributed by atoms with Gasteiger partial charge in [0.05, 0.1) is 10.0 Å². The van der Waals surface area contributed by atoms with Crippen molar-refractivity contribution in [3.63, 3.8) is 0 Å². The van der Waals surface area contributed by atoms with Gasteiger partial charge in [-0.2, -0.15) is 0 Å². The number of hydrogen-bond acceptors (Lipinski definition) is 3. The highest BCUT2D eigenvalue weighted by molar-refractivity contribution is 9.10. The van der Waals surface area contributed by atoms with Gasteiger partial charge in [0.2, 0.25) is 0 Å². The number of hydrogen-bond donors (Lipinski definition) is 1. The molecule has 19 heavy (non-hydrogen) atoms. The van der Waals surface area contributed by atoms with E-state index < -0.39 is 25.7 Å². The monoisotopic (exact) mass is 371 g/mol. The van der Waals surface area contributed by atoms with Crippen molar-refractivity contribution in [1.29, 1.82) is 0 Å². The summed E-state index contributed by atoms with van der Waals surface area (Å²) in [6.45, 7) is 4.19. The third-order valence-electron chi connectivity index (χ3n) is 2.18. The first kappa shape index (κ1) is 16.4. The van der Waals surface area contributed by atoms with Gasteiger partial charge >= 0.3 is 0 Å². The molecule has 1 amide bonds. The minimum Gasteiger partial charge on any atom is -0.352 e. The molecule has 0 unspecified atom stereocenters. The first-order chi connectivity index (χ1) is 8.62. The fourth-order valence-electron chi connectivity index (χ4n) is 1.30. The molecule has 8 heteroatoms. The van der Waals surface area contributed by atoms with Crippen LogP contribution >= 0.6 is 26.6 Å². The second kappa shape index (κ2) is 6.19. The lowest BCUT2D eigenvalue weighted by Crippen LogP contribution is -2.28. The summed E-state index contributed by atoms with van der Waals surface area (Å²) in [4.78, 5) is 11.4. The van der Waals surface area contributed by atoms with Crippen LogP contribution in [-0.4, -0.2) is 20.9 Å². The van der Waals surface area contributed by atoms with Gasteiger partial charge in [-0.25, -0.2) is 12.8 Å². The molecule has 0 saturated heterocycles. The summed E-state index contributed by atoms with van der Waals surface area (Å²) in [5.41, 5.74) is -0.111. The van der Waals surface area contributed by atoms with E-state index >= 15 is 0 Å². The minimum atomic E-state index is -4.14. The first-order valence-corrected chi connectivity index (χ1v) is 8.45. The van der Waals surface area contributed by atoms with Crippen molar-refractivity contribution in [1.82, 2.24) is 5.32 Å². The van der Waals surface area contributed by atoms with Crippen molar-refractivity contribution in [3.8, 4) is 0 Å². The molecule has 0 aliphatic heterocycles. The molecule has 1 aromatic carbocycles. The summed E-state index contributed by atoms with van der Waals surface area (Å²) < 4.78 is 35.9. The standard InChI is InChI=1S/C11H12BrClFNO3S/c1-6(2)5-15-11(16)8-3-7(14)4-9(10(8)12)19(13,17)18/h3-4,6H,5H2,1-2H3,(H,15,16). The third-order valence-corrected chi connectivity index (χ3v) is 4.65. The molecule has 0 saturated carbocycles. The Hall–Kier alpha value is -0.660. The van der Waals surface area contributed by atoms with Crippen LogP contribution in [0, 0.1) is 11.7 Å². The fraction of sp³-hybridized carbons (Fsp3) is 0.364. The Kier molecular flexibility index (Phi) is 5.34. The number of rotatable bonds is 4. The number of carbonyl (C=O) groups is 1. The summed E-state index contributed by atoms with van der Waals surface area (Å²) in [6, 6.07) is 1.71. The smallest absolute Gasteiger partial charge is 0.262 e. The quantitative estimate of drug-likeness (QED) is 0.827. The van der Waals surface area contributed by atoms with Gasteiger partial charge in [-0.3, -0.25) is 4.79 Å². The molecule has 0 radical (unpaired) electrons. The number of amides is 1. The number of benzene rings is 1. The third kappa shape index (κ3) is 4.43. The number of carbonyl (C=O) groups excluding carboxylic acids is 1. The van der Waals surface area contributed by atoms with Crippen LogP contribution in [0.5, 0.6) is 0 Å². The Labute approximate surface area is 123 Å². The Balaban J connectivity index is 3.22. The molecular weight excluding hydrogens is 361 g/mol. The van der Waals surface area contributed by atoms with E-state index in [0.29, 0.717) is 6.54 Å². The van der Waals surface area contributed by atoms with E-state index in [1.807, 2.05) is 13.8 Å². The molecule has 0 aromatic heterocycles. The van der Waals surface area contributed by atoms with Crippen molar-refractivity contribution >= 4 is 41.6 Å². The van der Waals surface area contributed by atoms with Crippen molar-refractivity contribution in [2.24, 2.45) is 5.92 Å². The van der Waals surface area contributed by atoms with E-state index in [4.69, 9.17) is 10.7 Å². The maximum Gasteiger partial charge on any atom is 0.262 e. The van der Waals surface area contributed by atoms with Crippen molar-refractivity contribution < 1.29 is 17.6 Å². The summed E-state index contributed by atoms with van der Waals surface area (Å²) in [5.74, 6) is -1.20. The average molecular weight is 373 g/mol. The van der Waals surface area contributed by atoms with Gasteiger partial charge in [0.15, 0.2) is 0 Å². The van der Waals surface area contributed by atoms with Crippen molar-refractivity contribution in [2.75, 3.05) is 6.54 Å². The zero-order valence-corrected chi connectivity index (χ0v) is 13.4. The van der Waals surface area contributed by atoms with Gasteiger partial charge < -0.3 is 5.32 Å². The highest BCUT2D eigenvalue weighted by Crippen LogP contribution is 2.29. The van der Waals surface area contributed by atoms with E-state index in [1.54, 1.807) is 0 Å². The van der Waals surface area contributed by atoms with Gasteiger partial charge in [-0.1, -0.05) is 13.8 Å². The molecular formula is C11H12BrClFNO3S. The molecule has 0 aliphatic rings. The SMILES string of the molecule is CC(C)CNC(=O)c1cc(F)cc(S(=O)(=O)Cl)c1Br. The lowest BCUT2D eigenvalue weighted by Gasteiger charge is -2.10. The van der Waals surface area contributed by atoms with Gasteiger partial charge in [0, 0.05) is 17.2 Å². The van der Waals surface area contributed by atoms with Crippen LogP contribution in [0.2, 0.25) is 0 Å². The summed E-state index contributed by atoms with van der Waals surface area (Å²) in [5, 5.41) is 2.57. The highest BCUT2D eigenvalue weighted by atomic mass is 79.9. The van der Waals surface area contributed by atoms with Crippen LogP contribution in [0.15, 0.2) is 21.5 Å². The van der Waals surface area contributed by atoms with E-state index in [2.05, 4.69) is 21.2 Å². The summed E-state index contributed by atoms with van der Waals surface area (Å²) >= 11 is 2.97. The minimum absolute atomic E-state index is 0.0508. The Bertz CT molecular complexity index is 604. The lowest BCUT2D eigenvalue weighted by molar-refractivity contribution is 0.0947. The molecule has 0 aliphatic carbocycles. The summed E-state index contributed by atoms with van der Waals surface area (Å²) in [7, 11) is 1.05. The zero-order chi connectivity index (χ0) is 14.8. The van der Waals surface area contributed by atoms with E-state index in [-0.39, 0.29) is 16.0 Å². The van der Waals surface area contributed by atoms with Crippen LogP contribution in [0.1, 0.15) is 24.2 Å². The van der Waals surface area contributed by atoms with Crippen LogP contribution in [0.4, 0.5) is 4.39 Å². The highest BCUT2D eigenvalue weighted by Gasteiger charge is 2.22. The predicted octanol–water partition coefficient (Wildman–Crippen LogP) is 2.90. The second-order valence-corrected chi connectivity index (χ2v) is 7.63. The topological polar surface area (TPSA) is 63.2 Å². The van der Waals surface area contributed by atoms with E-state index in [1.165, 1.54) is 0 Å².